The molecule has 0 heterocycles. The second-order valence-corrected chi connectivity index (χ2v) is 8.76. The second-order valence-electron chi connectivity index (χ2n) is 7.89. The number of nitrogens with zero attached hydrogens (tertiary/aromatic N) is 1. The molecule has 0 aliphatic carbocycles. The van der Waals surface area contributed by atoms with Crippen LogP contribution in [0, 0.1) is 0 Å². The molecule has 0 radical (unpaired) electrons. The van der Waals surface area contributed by atoms with Crippen molar-refractivity contribution < 1.29 is 14.3 Å². The minimum atomic E-state index is -0.703. The summed E-state index contributed by atoms with van der Waals surface area (Å²) in [5.41, 5.74) is 1.83. The largest absolute Gasteiger partial charge is 0.484 e. The van der Waals surface area contributed by atoms with Crippen molar-refractivity contribution >= 4 is 35.0 Å². The van der Waals surface area contributed by atoms with E-state index in [2.05, 4.69) is 5.32 Å². The molecule has 2 amide bonds. The van der Waals surface area contributed by atoms with E-state index >= 15 is 0 Å². The van der Waals surface area contributed by atoms with Gasteiger partial charge in [-0.3, -0.25) is 9.59 Å². The first-order valence-electron chi connectivity index (χ1n) is 11.2. The minimum absolute atomic E-state index is 0.195. The van der Waals surface area contributed by atoms with Gasteiger partial charge in [0.2, 0.25) is 5.91 Å². The van der Waals surface area contributed by atoms with Crippen molar-refractivity contribution in [2.24, 2.45) is 0 Å². The molecule has 178 valence electrons. The third kappa shape index (κ3) is 7.79. The first kappa shape index (κ1) is 25.6. The van der Waals surface area contributed by atoms with E-state index < -0.39 is 6.04 Å². The first-order valence-corrected chi connectivity index (χ1v) is 12.0. The Labute approximate surface area is 210 Å². The number of halogens is 2. The van der Waals surface area contributed by atoms with E-state index in [4.69, 9.17) is 27.9 Å². The van der Waals surface area contributed by atoms with Crippen LogP contribution in [-0.4, -0.2) is 35.9 Å². The summed E-state index contributed by atoms with van der Waals surface area (Å²) in [7, 11) is 0. The van der Waals surface area contributed by atoms with Gasteiger partial charge in [-0.05, 0) is 53.9 Å². The molecule has 1 N–H and O–H groups in total. The van der Waals surface area contributed by atoms with Gasteiger partial charge in [0.1, 0.15) is 11.8 Å². The molecular weight excluding hydrogens is 471 g/mol. The van der Waals surface area contributed by atoms with E-state index in [0.717, 1.165) is 17.5 Å². The molecule has 1 atom stereocenters. The van der Waals surface area contributed by atoms with Crippen LogP contribution >= 0.6 is 23.2 Å². The number of hydrogen-bond donors (Lipinski definition) is 1. The molecule has 5 nitrogen and oxygen atoms in total. The average molecular weight is 499 g/mol. The maximum atomic E-state index is 13.4. The molecule has 7 heteroatoms. The van der Waals surface area contributed by atoms with E-state index in [-0.39, 0.29) is 25.0 Å². The third-order valence-corrected chi connectivity index (χ3v) is 5.77. The van der Waals surface area contributed by atoms with Crippen LogP contribution in [-0.2, 0) is 22.6 Å². The van der Waals surface area contributed by atoms with Gasteiger partial charge in [-0.1, -0.05) is 72.6 Å². The Kier molecular flexibility index (Phi) is 9.80. The summed E-state index contributed by atoms with van der Waals surface area (Å²) in [6.45, 7) is 2.57. The highest BCUT2D eigenvalue weighted by Crippen LogP contribution is 2.19. The van der Waals surface area contributed by atoms with Crippen LogP contribution in [0.4, 0.5) is 0 Å². The van der Waals surface area contributed by atoms with Crippen molar-refractivity contribution in [1.82, 2.24) is 10.2 Å². The topological polar surface area (TPSA) is 58.6 Å². The summed E-state index contributed by atoms with van der Waals surface area (Å²) in [5, 5.41) is 4.14. The van der Waals surface area contributed by atoms with Crippen LogP contribution in [0.25, 0.3) is 0 Å². The summed E-state index contributed by atoms with van der Waals surface area (Å²) in [6, 6.07) is 23.0. The van der Waals surface area contributed by atoms with Crippen molar-refractivity contribution in [2.45, 2.75) is 32.4 Å². The molecule has 0 fully saturated rings. The number of carbonyl (C=O) groups excluding carboxylic acids is 2. The Morgan fingerprint density at radius 3 is 2.12 bits per heavy atom. The van der Waals surface area contributed by atoms with Crippen LogP contribution in [0.5, 0.6) is 5.75 Å². The highest BCUT2D eigenvalue weighted by atomic mass is 35.5. The molecule has 34 heavy (non-hydrogen) atoms. The van der Waals surface area contributed by atoms with Crippen LogP contribution in [0.15, 0.2) is 78.9 Å². The molecule has 0 unspecified atom stereocenters. The molecule has 0 aliphatic heterocycles. The quantitative estimate of drug-likeness (QED) is 0.377. The minimum Gasteiger partial charge on any atom is -0.484 e. The van der Waals surface area contributed by atoms with Crippen LogP contribution in [0.2, 0.25) is 10.0 Å². The molecule has 3 aromatic carbocycles. The van der Waals surface area contributed by atoms with Gasteiger partial charge in [-0.25, -0.2) is 0 Å². The van der Waals surface area contributed by atoms with Gasteiger partial charge in [-0.2, -0.15) is 0 Å². The fourth-order valence-corrected chi connectivity index (χ4v) is 3.72. The average Bonchev–Trinajstić information content (AvgIpc) is 2.86. The van der Waals surface area contributed by atoms with Crippen molar-refractivity contribution in [3.8, 4) is 5.75 Å². The zero-order valence-corrected chi connectivity index (χ0v) is 20.6. The van der Waals surface area contributed by atoms with Gasteiger partial charge in [0, 0.05) is 29.6 Å². The Bertz CT molecular complexity index is 1060. The SMILES string of the molecule is CCCNC(=O)[C@@H](Cc1ccccc1)N(Cc1ccc(Cl)cc1)C(=O)COc1ccc(Cl)cc1. The molecule has 0 aromatic heterocycles. The second kappa shape index (κ2) is 13.0. The molecule has 3 rings (SSSR count). The summed E-state index contributed by atoms with van der Waals surface area (Å²) in [6.07, 6.45) is 1.19. The first-order chi connectivity index (χ1) is 16.5. The van der Waals surface area contributed by atoms with Gasteiger partial charge < -0.3 is 15.0 Å². The Hall–Kier alpha value is -3.02. The lowest BCUT2D eigenvalue weighted by molar-refractivity contribution is -0.142. The van der Waals surface area contributed by atoms with Gasteiger partial charge in [0.05, 0.1) is 0 Å². The van der Waals surface area contributed by atoms with Crippen molar-refractivity contribution in [2.75, 3.05) is 13.2 Å². The van der Waals surface area contributed by atoms with Gasteiger partial charge >= 0.3 is 0 Å². The molecule has 0 aliphatic rings. The number of rotatable bonds is 11. The summed E-state index contributed by atoms with van der Waals surface area (Å²) in [5.74, 6) is 0.0382. The van der Waals surface area contributed by atoms with E-state index in [1.807, 2.05) is 49.4 Å². The van der Waals surface area contributed by atoms with E-state index in [9.17, 15) is 9.59 Å². The number of ether oxygens (including phenoxy) is 1. The van der Waals surface area contributed by atoms with Crippen molar-refractivity contribution in [3.63, 3.8) is 0 Å². The molecular formula is C27H28Cl2N2O3. The molecule has 0 saturated carbocycles. The standard InChI is InChI=1S/C27H28Cl2N2O3/c1-2-16-30-27(33)25(17-20-6-4-3-5-7-20)31(18-21-8-10-22(28)11-9-21)26(32)19-34-24-14-12-23(29)13-15-24/h3-15,25H,2,16-19H2,1H3,(H,30,33)/t25-/m1/s1. The number of amides is 2. The number of hydrogen-bond acceptors (Lipinski definition) is 3. The van der Waals surface area contributed by atoms with Crippen LogP contribution in [0.3, 0.4) is 0 Å². The zero-order chi connectivity index (χ0) is 24.3. The normalized spacial score (nSPS) is 11.5. The predicted octanol–water partition coefficient (Wildman–Crippen LogP) is 5.54. The van der Waals surface area contributed by atoms with Crippen molar-refractivity contribution in [3.05, 3.63) is 100 Å². The molecule has 0 spiro atoms. The van der Waals surface area contributed by atoms with E-state index in [0.29, 0.717) is 28.8 Å². The lowest BCUT2D eigenvalue weighted by Gasteiger charge is -2.31. The van der Waals surface area contributed by atoms with E-state index in [1.165, 1.54) is 0 Å². The number of nitrogens with one attached hydrogen (secondary N) is 1. The predicted molar refractivity (Wildman–Crippen MR) is 136 cm³/mol. The zero-order valence-electron chi connectivity index (χ0n) is 19.0. The summed E-state index contributed by atoms with van der Waals surface area (Å²) in [4.78, 5) is 28.2. The molecule has 0 bridgehead atoms. The van der Waals surface area contributed by atoms with Crippen LogP contribution < -0.4 is 10.1 Å². The number of benzene rings is 3. The van der Waals surface area contributed by atoms with Gasteiger partial charge in [-0.15, -0.1) is 0 Å². The lowest BCUT2D eigenvalue weighted by atomic mass is 10.0. The van der Waals surface area contributed by atoms with Gasteiger partial charge in [0.15, 0.2) is 6.61 Å². The Balaban J connectivity index is 1.87. The maximum Gasteiger partial charge on any atom is 0.261 e. The highest BCUT2D eigenvalue weighted by Gasteiger charge is 2.30. The fraction of sp³-hybridized carbons (Fsp3) is 0.259. The van der Waals surface area contributed by atoms with Crippen molar-refractivity contribution in [1.29, 1.82) is 0 Å². The number of carbonyl (C=O) groups is 2. The summed E-state index contributed by atoms with van der Waals surface area (Å²) < 4.78 is 5.72. The van der Waals surface area contributed by atoms with Crippen LogP contribution in [0.1, 0.15) is 24.5 Å². The third-order valence-electron chi connectivity index (χ3n) is 5.26. The molecule has 0 saturated heterocycles. The fourth-order valence-electron chi connectivity index (χ4n) is 3.47. The van der Waals surface area contributed by atoms with E-state index in [1.54, 1.807) is 41.3 Å². The Morgan fingerprint density at radius 2 is 1.50 bits per heavy atom. The Morgan fingerprint density at radius 1 is 0.882 bits per heavy atom. The maximum absolute atomic E-state index is 13.4. The van der Waals surface area contributed by atoms with Gasteiger partial charge in [0.25, 0.3) is 5.91 Å². The smallest absolute Gasteiger partial charge is 0.261 e. The lowest BCUT2D eigenvalue weighted by Crippen LogP contribution is -2.51. The monoisotopic (exact) mass is 498 g/mol. The highest BCUT2D eigenvalue weighted by molar-refractivity contribution is 6.30. The molecule has 3 aromatic rings. The summed E-state index contributed by atoms with van der Waals surface area (Å²) >= 11 is 12.0.